The van der Waals surface area contributed by atoms with Gasteiger partial charge in [0, 0.05) is 30.1 Å². The van der Waals surface area contributed by atoms with Gasteiger partial charge in [0.15, 0.2) is 5.96 Å². The molecule has 0 saturated carbocycles. The zero-order valence-corrected chi connectivity index (χ0v) is 41.5. The summed E-state index contributed by atoms with van der Waals surface area (Å²) in [6.07, 6.45) is 0.780. The van der Waals surface area contributed by atoms with Crippen LogP contribution in [0.1, 0.15) is 72.8 Å². The zero-order valence-electron chi connectivity index (χ0n) is 41.5. The third-order valence-corrected chi connectivity index (χ3v) is 10.8. The number of carbonyl (C=O) groups excluding carboxylic acids is 9. The van der Waals surface area contributed by atoms with E-state index in [0.29, 0.717) is 5.56 Å². The number of guanidine groups is 1. The van der Waals surface area contributed by atoms with Crippen molar-refractivity contribution in [2.45, 2.75) is 122 Å². The van der Waals surface area contributed by atoms with Gasteiger partial charge in [0.2, 0.25) is 53.2 Å². The van der Waals surface area contributed by atoms with Crippen LogP contribution >= 0.6 is 0 Å². The maximum atomic E-state index is 13.9. The average molecular weight is 1030 g/mol. The molecular weight excluding hydrogens is 961 g/mol. The Morgan fingerprint density at radius 3 is 1.77 bits per heavy atom. The summed E-state index contributed by atoms with van der Waals surface area (Å²) in [6.45, 7) is 6.91. The van der Waals surface area contributed by atoms with E-state index in [0.717, 1.165) is 10.9 Å². The van der Waals surface area contributed by atoms with Crippen LogP contribution < -0.4 is 65.1 Å². The summed E-state index contributed by atoms with van der Waals surface area (Å²) in [6, 6.07) is -3.95. The number of aromatic amines is 1. The van der Waals surface area contributed by atoms with E-state index in [1.165, 1.54) is 27.7 Å². The lowest BCUT2D eigenvalue weighted by Crippen LogP contribution is -2.59. The van der Waals surface area contributed by atoms with Crippen LogP contribution in [0.25, 0.3) is 10.9 Å². The molecule has 0 unspecified atom stereocenters. The number of aliphatic imine (C=N–C) groups is 1. The second kappa shape index (κ2) is 30.1. The monoisotopic (exact) mass is 1030 g/mol. The third kappa shape index (κ3) is 21.6. The topological polar surface area (TPSA) is 463 Å². The molecule has 2 rings (SSSR count). The normalized spacial score (nSPS) is 14.3. The molecule has 8 atom stereocenters. The van der Waals surface area contributed by atoms with E-state index in [4.69, 9.17) is 17.2 Å². The van der Waals surface area contributed by atoms with Gasteiger partial charge >= 0.3 is 11.9 Å². The fourth-order valence-electron chi connectivity index (χ4n) is 6.88. The van der Waals surface area contributed by atoms with Gasteiger partial charge in [0.25, 0.3) is 0 Å². The van der Waals surface area contributed by atoms with E-state index < -0.39 is 145 Å². The Hall–Kier alpha value is -7.88. The second-order valence-electron chi connectivity index (χ2n) is 17.9. The molecule has 0 fully saturated rings. The number of carboxylic acid groups (broad SMARTS) is 2. The van der Waals surface area contributed by atoms with E-state index in [1.807, 2.05) is 12.1 Å². The number of H-pyrrole nitrogens is 1. The largest absolute Gasteiger partial charge is 0.481 e. The lowest BCUT2D eigenvalue weighted by Gasteiger charge is -2.26. The minimum absolute atomic E-state index is 0.0412. The van der Waals surface area contributed by atoms with Gasteiger partial charge in [0.05, 0.1) is 32.2 Å². The van der Waals surface area contributed by atoms with Crippen LogP contribution in [0.15, 0.2) is 35.5 Å². The first-order chi connectivity index (χ1) is 34.2. The predicted octanol–water partition coefficient (Wildman–Crippen LogP) is -4.99. The summed E-state index contributed by atoms with van der Waals surface area (Å²) in [5.74, 6) is -12.2. The molecule has 2 aromatic rings. The van der Waals surface area contributed by atoms with Crippen molar-refractivity contribution in [2.75, 3.05) is 26.2 Å². The van der Waals surface area contributed by atoms with Gasteiger partial charge in [-0.1, -0.05) is 45.9 Å². The highest BCUT2D eigenvalue weighted by Crippen LogP contribution is 2.19. The molecule has 1 aromatic carbocycles. The number of aliphatic hydroxyl groups excluding tert-OH is 1. The fraction of sp³-hybridized carbons (Fsp3) is 0.556. The van der Waals surface area contributed by atoms with E-state index >= 15 is 0 Å². The number of aliphatic carboxylic acids is 2. The van der Waals surface area contributed by atoms with E-state index in [2.05, 4.69) is 57.8 Å². The highest BCUT2D eigenvalue weighted by atomic mass is 16.4. The first-order valence-electron chi connectivity index (χ1n) is 23.3. The number of aliphatic hydroxyl groups is 1. The molecule has 0 aliphatic carbocycles. The van der Waals surface area contributed by atoms with Gasteiger partial charge in [-0.15, -0.1) is 0 Å². The smallest absolute Gasteiger partial charge is 0.326 e. The van der Waals surface area contributed by atoms with Crippen molar-refractivity contribution in [1.82, 2.24) is 52.8 Å². The molecule has 9 amide bonds. The number of aromatic nitrogens is 1. The lowest BCUT2D eigenvalue weighted by atomic mass is 10.0. The number of fused-ring (bicyclic) bond motifs is 1. The summed E-state index contributed by atoms with van der Waals surface area (Å²) >= 11 is 0. The molecule has 0 bridgehead atoms. The lowest BCUT2D eigenvalue weighted by molar-refractivity contribution is -0.143. The number of hydrogen-bond acceptors (Lipinski definition) is 14. The van der Waals surface area contributed by atoms with Crippen molar-refractivity contribution in [2.24, 2.45) is 34.0 Å². The maximum absolute atomic E-state index is 13.9. The molecular formula is C45H70N14O14. The van der Waals surface area contributed by atoms with Crippen molar-refractivity contribution < 1.29 is 68.1 Å². The van der Waals surface area contributed by atoms with Crippen LogP contribution in [0.5, 0.6) is 0 Å². The quantitative estimate of drug-likeness (QED) is 0.0191. The number of nitrogens with two attached hydrogens (primary N) is 3. The van der Waals surface area contributed by atoms with Crippen LogP contribution in [-0.4, -0.2) is 166 Å². The number of nitrogens with zero attached hydrogens (tertiary/aromatic N) is 1. The van der Waals surface area contributed by atoms with Crippen LogP contribution in [0, 0.1) is 11.8 Å². The zero-order chi connectivity index (χ0) is 55.1. The molecule has 1 aromatic heterocycles. The third-order valence-electron chi connectivity index (χ3n) is 10.8. The Bertz CT molecular complexity index is 2320. The molecule has 404 valence electrons. The minimum Gasteiger partial charge on any atom is -0.481 e. The molecule has 73 heavy (non-hydrogen) atoms. The number of benzene rings is 1. The van der Waals surface area contributed by atoms with Gasteiger partial charge in [-0.25, -0.2) is 4.79 Å². The molecule has 28 nitrogen and oxygen atoms in total. The number of carboxylic acids is 2. The number of amides is 9. The number of rotatable bonds is 31. The molecule has 1 heterocycles. The van der Waals surface area contributed by atoms with Crippen molar-refractivity contribution in [3.05, 3.63) is 36.0 Å². The van der Waals surface area contributed by atoms with E-state index in [9.17, 15) is 68.1 Å². The summed E-state index contributed by atoms with van der Waals surface area (Å²) < 4.78 is 0. The number of carbonyl (C=O) groups is 11. The first kappa shape index (κ1) is 61.2. The average Bonchev–Trinajstić information content (AvgIpc) is 3.72. The van der Waals surface area contributed by atoms with Crippen molar-refractivity contribution in [3.8, 4) is 0 Å². The standard InChI is InChI=1S/C45H70N14O14/c1-21(2)14-29(58-41(69)30(54-33(61)18-51-37(65)23(5)46)15-25-17-50-27-11-8-7-10-26(25)27)40(68)53-24(6)38(66)57-31(16-35(63)64)39(67)52-19-34(62)55-32(20-60)42(70)59-36(22(3)4)43(71)56-28(44(72)73)12-9-13-49-45(47)48/h7-8,10-11,17,21-24,28-32,36,50,60H,9,12-16,18-20,46H2,1-6H3,(H,51,65)(H,52,67)(H,53,68)(H,54,61)(H,55,62)(H,56,71)(H,57,66)(H,58,69)(H,59,70)(H,63,64)(H,72,73)(H4,47,48,49)/t23-,24-,28-,29-,30-,31-,32-,36-/m0/s1. The molecule has 0 radical (unpaired) electrons. The van der Waals surface area contributed by atoms with E-state index in [-0.39, 0.29) is 44.1 Å². The molecule has 0 aliphatic heterocycles. The Kier molecular flexibility index (Phi) is 25.3. The summed E-state index contributed by atoms with van der Waals surface area (Å²) in [4.78, 5) is 149. The fourth-order valence-corrected chi connectivity index (χ4v) is 6.88. The van der Waals surface area contributed by atoms with E-state index in [1.54, 1.807) is 32.2 Å². The van der Waals surface area contributed by atoms with Gasteiger partial charge in [0.1, 0.15) is 42.3 Å². The number of para-hydroxylation sites is 1. The van der Waals surface area contributed by atoms with Gasteiger partial charge < -0.3 is 85.4 Å². The maximum Gasteiger partial charge on any atom is 0.326 e. The van der Waals surface area contributed by atoms with Crippen molar-refractivity contribution >= 4 is 82.0 Å². The van der Waals surface area contributed by atoms with Crippen molar-refractivity contribution in [3.63, 3.8) is 0 Å². The van der Waals surface area contributed by atoms with Crippen LogP contribution in [-0.2, 0) is 59.2 Å². The molecule has 19 N–H and O–H groups in total. The Morgan fingerprint density at radius 2 is 1.21 bits per heavy atom. The molecule has 0 aliphatic rings. The minimum atomic E-state index is -1.82. The Labute approximate surface area is 420 Å². The second-order valence-corrected chi connectivity index (χ2v) is 17.9. The first-order valence-corrected chi connectivity index (χ1v) is 23.3. The predicted molar refractivity (Wildman–Crippen MR) is 262 cm³/mol. The summed E-state index contributed by atoms with van der Waals surface area (Å²) in [5, 5.41) is 51.0. The molecule has 0 saturated heterocycles. The highest BCUT2D eigenvalue weighted by molar-refractivity contribution is 5.98. The van der Waals surface area contributed by atoms with Crippen molar-refractivity contribution in [1.29, 1.82) is 0 Å². The Morgan fingerprint density at radius 1 is 0.644 bits per heavy atom. The van der Waals surface area contributed by atoms with Gasteiger partial charge in [-0.05, 0) is 56.6 Å². The van der Waals surface area contributed by atoms with Gasteiger partial charge in [-0.3, -0.25) is 52.9 Å². The summed E-state index contributed by atoms with van der Waals surface area (Å²) in [7, 11) is 0. The molecule has 0 spiro atoms. The summed E-state index contributed by atoms with van der Waals surface area (Å²) in [5.41, 5.74) is 17.5. The SMILES string of the molecule is CC(C)C[C@H](NC(=O)[C@H](Cc1c[nH]c2ccccc12)NC(=O)CNC(=O)[C@H](C)N)C(=O)N[C@@H](C)C(=O)N[C@@H](CC(=O)O)C(=O)NCC(=O)N[C@@H](CO)C(=O)N[C@H](C(=O)N[C@@H](CCCN=C(N)N)C(=O)O)C(C)C. The molecule has 28 heteroatoms. The van der Waals surface area contributed by atoms with Gasteiger partial charge in [-0.2, -0.15) is 0 Å². The van der Waals surface area contributed by atoms with Crippen LogP contribution in [0.3, 0.4) is 0 Å². The number of nitrogens with one attached hydrogen (secondary N) is 10. The Balaban J connectivity index is 2.12. The van der Waals surface area contributed by atoms with Crippen LogP contribution in [0.4, 0.5) is 0 Å². The number of hydrogen-bond donors (Lipinski definition) is 16. The van der Waals surface area contributed by atoms with Crippen LogP contribution in [0.2, 0.25) is 0 Å². The highest BCUT2D eigenvalue weighted by Gasteiger charge is 2.34.